The Morgan fingerprint density at radius 3 is 0.761 bits per heavy atom. The zero-order valence-corrected chi connectivity index (χ0v) is 32.3. The second-order valence-electron chi connectivity index (χ2n) is 15.3. The number of rotatable bonds is 34. The van der Waals surface area contributed by atoms with Gasteiger partial charge in [0.05, 0.1) is 27.2 Å². The average Bonchev–Trinajstić information content (AvgIpc) is 3.05. The van der Waals surface area contributed by atoms with Crippen molar-refractivity contribution < 1.29 is 9.59 Å². The molecule has 0 aromatic heterocycles. The lowest BCUT2D eigenvalue weighted by molar-refractivity contribution is -0.890. The largest absolute Gasteiger partial charge is 0.872 e. The first-order valence-electron chi connectivity index (χ1n) is 21.1. The van der Waals surface area contributed by atoms with E-state index in [4.69, 9.17) is 0 Å². The molecule has 2 heteroatoms. The van der Waals surface area contributed by atoms with Crippen LogP contribution >= 0.6 is 0 Å². The topological polar surface area (TPSA) is 23.1 Å². The lowest BCUT2D eigenvalue weighted by atomic mass is 10.0. The Hall–Kier alpha value is -1.02. The van der Waals surface area contributed by atoms with Gasteiger partial charge in [0.1, 0.15) is 0 Å². The molecule has 0 aliphatic rings. The molecule has 0 aliphatic carbocycles. The van der Waals surface area contributed by atoms with Crippen molar-refractivity contribution >= 4 is 0 Å². The minimum absolute atomic E-state index is 0.0718. The maximum Gasteiger partial charge on any atom is 0.0782 e. The van der Waals surface area contributed by atoms with Crippen molar-refractivity contribution in [1.29, 1.82) is 0 Å². The molecule has 1 aromatic rings. The fraction of sp³-hybridized carbons (Fsp3) is 0.864. The summed E-state index contributed by atoms with van der Waals surface area (Å²) in [5.74, 6) is 0.0718. The Balaban J connectivity index is 0.00000252. The highest BCUT2D eigenvalue weighted by Gasteiger charge is 2.13. The summed E-state index contributed by atoms with van der Waals surface area (Å²) in [6.07, 6.45) is 46.9. The highest BCUT2D eigenvalue weighted by atomic mass is 16.3. The third kappa shape index (κ3) is 37.4. The van der Waals surface area contributed by atoms with Gasteiger partial charge in [-0.05, 0) is 25.7 Å². The number of unbranched alkanes of at least 4 members (excludes halogenated alkanes) is 30. The minimum atomic E-state index is 0.0718. The summed E-state index contributed by atoms with van der Waals surface area (Å²) >= 11 is 0. The molecule has 0 heterocycles. The number of para-hydroxylation sites is 1. The second kappa shape index (κ2) is 36.8. The number of quaternary nitrogens is 1. The summed E-state index contributed by atoms with van der Waals surface area (Å²) in [6, 6.07) is 8.33. The summed E-state index contributed by atoms with van der Waals surface area (Å²) in [7, 11) is 4.94. The Bertz CT molecular complexity index is 634. The van der Waals surface area contributed by atoms with E-state index in [2.05, 4.69) is 27.9 Å². The Morgan fingerprint density at radius 2 is 0.565 bits per heavy atom. The summed E-state index contributed by atoms with van der Waals surface area (Å²) in [6.45, 7) is 7.39. The maximum atomic E-state index is 10.3. The van der Waals surface area contributed by atoms with Gasteiger partial charge >= 0.3 is 0 Å². The third-order valence-electron chi connectivity index (χ3n) is 9.98. The zero-order valence-electron chi connectivity index (χ0n) is 32.3. The van der Waals surface area contributed by atoms with Gasteiger partial charge < -0.3 is 9.59 Å². The quantitative estimate of drug-likeness (QED) is 0.0541. The molecule has 0 amide bonds. The van der Waals surface area contributed by atoms with Crippen molar-refractivity contribution in [3.8, 4) is 5.75 Å². The predicted molar refractivity (Wildman–Crippen MR) is 207 cm³/mol. The van der Waals surface area contributed by atoms with Crippen LogP contribution in [0.5, 0.6) is 5.75 Å². The zero-order chi connectivity index (χ0) is 33.7. The minimum Gasteiger partial charge on any atom is -0.872 e. The second-order valence-corrected chi connectivity index (χ2v) is 15.3. The molecule has 0 aliphatic heterocycles. The molecule has 0 spiro atoms. The van der Waals surface area contributed by atoms with Crippen molar-refractivity contribution in [3.05, 3.63) is 30.3 Å². The highest BCUT2D eigenvalue weighted by Crippen LogP contribution is 2.16. The van der Waals surface area contributed by atoms with Crippen molar-refractivity contribution in [2.24, 2.45) is 0 Å². The van der Waals surface area contributed by atoms with Gasteiger partial charge in [0.15, 0.2) is 0 Å². The predicted octanol–water partition coefficient (Wildman–Crippen LogP) is 14.3. The van der Waals surface area contributed by atoms with Gasteiger partial charge in [-0.25, -0.2) is 0 Å². The van der Waals surface area contributed by atoms with E-state index in [0.29, 0.717) is 0 Å². The van der Waals surface area contributed by atoms with Crippen LogP contribution in [0.2, 0.25) is 0 Å². The molecule has 0 atom stereocenters. The van der Waals surface area contributed by atoms with Gasteiger partial charge in [0, 0.05) is 0 Å². The first kappa shape index (κ1) is 45.0. The van der Waals surface area contributed by atoms with Gasteiger partial charge in [0.25, 0.3) is 0 Å². The average molecular weight is 644 g/mol. The number of hydrogen-bond donors (Lipinski definition) is 0. The van der Waals surface area contributed by atoms with Crippen LogP contribution in [0.1, 0.15) is 219 Å². The molecule has 0 saturated carbocycles. The molecule has 272 valence electrons. The molecule has 0 N–H and O–H groups in total. The Kier molecular flexibility index (Phi) is 36.0. The third-order valence-corrected chi connectivity index (χ3v) is 9.98. The van der Waals surface area contributed by atoms with Crippen molar-refractivity contribution in [2.45, 2.75) is 219 Å². The summed E-state index contributed by atoms with van der Waals surface area (Å²) in [5, 5.41) is 10.3. The van der Waals surface area contributed by atoms with E-state index in [1.807, 2.05) is 6.07 Å². The summed E-state index contributed by atoms with van der Waals surface area (Å²) < 4.78 is 1.25. The number of benzene rings is 1. The molecule has 46 heavy (non-hydrogen) atoms. The molecule has 0 bridgehead atoms. The monoisotopic (exact) mass is 644 g/mol. The first-order chi connectivity index (χ1) is 22.5. The van der Waals surface area contributed by atoms with Crippen molar-refractivity contribution in [1.82, 2.24) is 0 Å². The van der Waals surface area contributed by atoms with Crippen LogP contribution < -0.4 is 5.11 Å². The van der Waals surface area contributed by atoms with E-state index >= 15 is 0 Å². The first-order valence-corrected chi connectivity index (χ1v) is 21.1. The van der Waals surface area contributed by atoms with Crippen LogP contribution in [0.15, 0.2) is 30.3 Å². The number of hydrogen-bond acceptors (Lipinski definition) is 1. The normalized spacial score (nSPS) is 11.5. The molecule has 1 aromatic carbocycles. The van der Waals surface area contributed by atoms with Crippen molar-refractivity contribution in [3.63, 3.8) is 0 Å². The van der Waals surface area contributed by atoms with Crippen LogP contribution in [0, 0.1) is 0 Å². The van der Waals surface area contributed by atoms with E-state index in [0.717, 1.165) is 0 Å². The van der Waals surface area contributed by atoms with Crippen LogP contribution in [-0.4, -0.2) is 31.7 Å². The fourth-order valence-electron chi connectivity index (χ4n) is 6.71. The van der Waals surface area contributed by atoms with Gasteiger partial charge in [-0.1, -0.05) is 224 Å². The molecule has 0 fully saturated rings. The number of nitrogens with zero attached hydrogens (tertiary/aromatic N) is 1. The van der Waals surface area contributed by atoms with Crippen LogP contribution in [0.3, 0.4) is 0 Å². The van der Waals surface area contributed by atoms with Gasteiger partial charge in [0.2, 0.25) is 0 Å². The fourth-order valence-corrected chi connectivity index (χ4v) is 6.71. The highest BCUT2D eigenvalue weighted by molar-refractivity contribution is 5.17. The summed E-state index contributed by atoms with van der Waals surface area (Å²) in [5.41, 5.74) is 0. The molecule has 1 rings (SSSR count). The van der Waals surface area contributed by atoms with E-state index in [-0.39, 0.29) is 5.75 Å². The smallest absolute Gasteiger partial charge is 0.0782 e. The molecule has 0 saturated heterocycles. The van der Waals surface area contributed by atoms with Crippen LogP contribution in [0.4, 0.5) is 0 Å². The molecule has 2 nitrogen and oxygen atoms in total. The Morgan fingerprint density at radius 1 is 0.348 bits per heavy atom. The van der Waals surface area contributed by atoms with E-state index in [9.17, 15) is 5.11 Å². The van der Waals surface area contributed by atoms with E-state index < -0.39 is 0 Å². The molecule has 0 unspecified atom stereocenters. The summed E-state index contributed by atoms with van der Waals surface area (Å²) in [4.78, 5) is 0. The van der Waals surface area contributed by atoms with E-state index in [1.165, 1.54) is 235 Å². The van der Waals surface area contributed by atoms with Gasteiger partial charge in [-0.15, -0.1) is 5.75 Å². The van der Waals surface area contributed by atoms with Crippen LogP contribution in [0.25, 0.3) is 0 Å². The lowest BCUT2D eigenvalue weighted by Crippen LogP contribution is -2.41. The standard InChI is InChI=1S/C38H80N.C6H6O/c1-5-7-9-11-13-15-17-19-21-23-25-27-29-31-33-35-37-39(3,4)38-36-34-32-30-28-26-24-22-20-18-16-14-12-10-8-6-2;7-6-4-2-1-3-5-6/h5-38H2,1-4H3;1-5,7H/q+1;/p-1. The SMILES string of the molecule is CCCCCCCCCCCCCCCCCC[N+](C)(C)CCCCCCCCCCCCCCCCCC.[O-]c1ccccc1. The molecular formula is C44H85NO. The lowest BCUT2D eigenvalue weighted by Gasteiger charge is -2.30. The maximum absolute atomic E-state index is 10.3. The molecular weight excluding hydrogens is 558 g/mol. The van der Waals surface area contributed by atoms with Gasteiger partial charge in [-0.2, -0.15) is 0 Å². The van der Waals surface area contributed by atoms with Gasteiger partial charge in [-0.3, -0.25) is 0 Å². The van der Waals surface area contributed by atoms with Crippen LogP contribution in [-0.2, 0) is 0 Å². The van der Waals surface area contributed by atoms with E-state index in [1.54, 1.807) is 12.1 Å². The molecule has 0 radical (unpaired) electrons. The van der Waals surface area contributed by atoms with Crippen molar-refractivity contribution in [2.75, 3.05) is 27.2 Å². The Labute approximate surface area is 291 Å².